The number of esters is 3. The lowest BCUT2D eigenvalue weighted by atomic mass is 9.87. The summed E-state index contributed by atoms with van der Waals surface area (Å²) in [6.45, 7) is 17.5. The zero-order valence-electron chi connectivity index (χ0n) is 20.9. The van der Waals surface area contributed by atoms with E-state index in [2.05, 4.69) is 0 Å². The molecule has 0 spiro atoms. The number of fused-ring (bicyclic) bond motifs is 1. The summed E-state index contributed by atoms with van der Waals surface area (Å²) >= 11 is 0. The molecule has 0 N–H and O–H groups in total. The highest BCUT2D eigenvalue weighted by Crippen LogP contribution is 2.55. The molecule has 5 unspecified atom stereocenters. The van der Waals surface area contributed by atoms with Gasteiger partial charge in [-0.05, 0) is 73.6 Å². The summed E-state index contributed by atoms with van der Waals surface area (Å²) in [6, 6.07) is 0. The van der Waals surface area contributed by atoms with Crippen LogP contribution >= 0.6 is 0 Å². The fourth-order valence-corrected chi connectivity index (χ4v) is 4.10. The molecule has 2 aliphatic carbocycles. The maximum absolute atomic E-state index is 12.1. The van der Waals surface area contributed by atoms with E-state index in [9.17, 15) is 14.4 Å². The standard InChI is InChI=1S/C14H20O4.C11H22O2/c1-4-14(2,3)13(16)18-10-7-5-8-9(6-7)12(15)17-11(8)10;1-7-10(3,4)9(12)13-11(5,6)8-2/h7-11H,4-6H2,1-3H3;7-8H2,1-6H3. The van der Waals surface area contributed by atoms with Gasteiger partial charge in [-0.3, -0.25) is 14.4 Å². The highest BCUT2D eigenvalue weighted by molar-refractivity contribution is 5.78. The monoisotopic (exact) mass is 438 g/mol. The Morgan fingerprint density at radius 2 is 1.45 bits per heavy atom. The van der Waals surface area contributed by atoms with Crippen molar-refractivity contribution in [3.63, 3.8) is 0 Å². The lowest BCUT2D eigenvalue weighted by molar-refractivity contribution is -0.170. The quantitative estimate of drug-likeness (QED) is 0.408. The number of rotatable bonds is 7. The Labute approximate surface area is 187 Å². The summed E-state index contributed by atoms with van der Waals surface area (Å²) in [5.74, 6) is 0.358. The second kappa shape index (κ2) is 9.11. The first kappa shape index (κ1) is 25.7. The van der Waals surface area contributed by atoms with Crippen molar-refractivity contribution in [2.45, 2.75) is 112 Å². The summed E-state index contributed by atoms with van der Waals surface area (Å²) in [6.07, 6.45) is 3.86. The SMILES string of the molecule is CCC(C)(C)C(=O)OC1C2CC3C(=O)OC1C3C2.CCC(C)(C)OC(=O)C(C)(C)CC. The molecule has 1 saturated heterocycles. The Balaban J connectivity index is 0.000000235. The van der Waals surface area contributed by atoms with Crippen molar-refractivity contribution in [1.29, 1.82) is 0 Å². The van der Waals surface area contributed by atoms with Crippen molar-refractivity contribution in [3.05, 3.63) is 0 Å². The average Bonchev–Trinajstić information content (AvgIpc) is 3.33. The fraction of sp³-hybridized carbons (Fsp3) is 0.880. The van der Waals surface area contributed by atoms with E-state index >= 15 is 0 Å². The van der Waals surface area contributed by atoms with E-state index in [1.165, 1.54) is 0 Å². The molecule has 0 amide bonds. The van der Waals surface area contributed by atoms with Crippen LogP contribution in [0.25, 0.3) is 0 Å². The van der Waals surface area contributed by atoms with Gasteiger partial charge < -0.3 is 14.2 Å². The van der Waals surface area contributed by atoms with Crippen LogP contribution < -0.4 is 0 Å². The summed E-state index contributed by atoms with van der Waals surface area (Å²) in [5, 5.41) is 0. The lowest BCUT2D eigenvalue weighted by Crippen LogP contribution is -2.39. The van der Waals surface area contributed by atoms with Gasteiger partial charge >= 0.3 is 17.9 Å². The van der Waals surface area contributed by atoms with E-state index in [1.807, 2.05) is 62.3 Å². The molecule has 0 aromatic heterocycles. The topological polar surface area (TPSA) is 78.9 Å². The maximum Gasteiger partial charge on any atom is 0.312 e. The molecule has 0 radical (unpaired) electrons. The van der Waals surface area contributed by atoms with E-state index < -0.39 is 5.41 Å². The minimum atomic E-state index is -0.455. The zero-order valence-corrected chi connectivity index (χ0v) is 20.9. The van der Waals surface area contributed by atoms with Crippen LogP contribution in [-0.2, 0) is 28.6 Å². The Morgan fingerprint density at radius 3 is 1.97 bits per heavy atom. The minimum absolute atomic E-state index is 0.0779. The van der Waals surface area contributed by atoms with Gasteiger partial charge in [0.25, 0.3) is 0 Å². The van der Waals surface area contributed by atoms with E-state index in [0.717, 1.165) is 32.1 Å². The molecule has 3 rings (SSSR count). The first-order valence-electron chi connectivity index (χ1n) is 11.8. The second-order valence-electron chi connectivity index (χ2n) is 11.3. The van der Waals surface area contributed by atoms with E-state index in [4.69, 9.17) is 14.2 Å². The van der Waals surface area contributed by atoms with Crippen molar-refractivity contribution in [2.24, 2.45) is 28.6 Å². The third-order valence-corrected chi connectivity index (χ3v) is 7.75. The van der Waals surface area contributed by atoms with Gasteiger partial charge in [-0.15, -0.1) is 0 Å². The smallest absolute Gasteiger partial charge is 0.312 e. The predicted octanol–water partition coefficient (Wildman–Crippen LogP) is 5.07. The summed E-state index contributed by atoms with van der Waals surface area (Å²) in [4.78, 5) is 35.4. The first-order valence-corrected chi connectivity index (χ1v) is 11.8. The van der Waals surface area contributed by atoms with E-state index in [-0.39, 0.29) is 47.0 Å². The Morgan fingerprint density at radius 1 is 0.903 bits per heavy atom. The normalized spacial score (nSPS) is 29.2. The molecule has 0 aromatic carbocycles. The van der Waals surface area contributed by atoms with Crippen molar-refractivity contribution in [1.82, 2.24) is 0 Å². The summed E-state index contributed by atoms with van der Waals surface area (Å²) in [5.41, 5.74) is -1.14. The molecule has 1 heterocycles. The molecule has 6 heteroatoms. The van der Waals surface area contributed by atoms with Gasteiger partial charge in [-0.25, -0.2) is 0 Å². The molecular formula is C25H42O6. The number of carbonyl (C=O) groups excluding carboxylic acids is 3. The summed E-state index contributed by atoms with van der Waals surface area (Å²) < 4.78 is 16.4. The molecule has 2 bridgehead atoms. The van der Waals surface area contributed by atoms with E-state index in [1.54, 1.807) is 0 Å². The van der Waals surface area contributed by atoms with Crippen LogP contribution in [0.3, 0.4) is 0 Å². The van der Waals surface area contributed by atoms with Gasteiger partial charge in [0, 0.05) is 11.8 Å². The zero-order chi connectivity index (χ0) is 23.8. The Hall–Kier alpha value is -1.59. The van der Waals surface area contributed by atoms with Crippen LogP contribution in [0, 0.1) is 28.6 Å². The van der Waals surface area contributed by atoms with Crippen LogP contribution in [0.5, 0.6) is 0 Å². The summed E-state index contributed by atoms with van der Waals surface area (Å²) in [7, 11) is 0. The van der Waals surface area contributed by atoms with Crippen molar-refractivity contribution >= 4 is 17.9 Å². The van der Waals surface area contributed by atoms with Crippen LogP contribution in [0.1, 0.15) is 94.4 Å². The van der Waals surface area contributed by atoms with Gasteiger partial charge in [0.2, 0.25) is 0 Å². The molecule has 6 nitrogen and oxygen atoms in total. The van der Waals surface area contributed by atoms with Crippen LogP contribution in [0.2, 0.25) is 0 Å². The van der Waals surface area contributed by atoms with Gasteiger partial charge in [-0.2, -0.15) is 0 Å². The molecule has 3 fully saturated rings. The van der Waals surface area contributed by atoms with Gasteiger partial charge in [0.05, 0.1) is 16.7 Å². The number of carbonyl (C=O) groups is 3. The molecule has 1 aliphatic heterocycles. The Bertz CT molecular complexity index is 692. The largest absolute Gasteiger partial charge is 0.459 e. The van der Waals surface area contributed by atoms with Gasteiger partial charge in [0.1, 0.15) is 17.8 Å². The molecule has 0 aromatic rings. The third-order valence-electron chi connectivity index (χ3n) is 7.75. The van der Waals surface area contributed by atoms with Crippen molar-refractivity contribution in [3.8, 4) is 0 Å². The number of hydrogen-bond acceptors (Lipinski definition) is 6. The maximum atomic E-state index is 12.1. The van der Waals surface area contributed by atoms with Crippen molar-refractivity contribution in [2.75, 3.05) is 0 Å². The molecule has 5 atom stereocenters. The highest BCUT2D eigenvalue weighted by Gasteiger charge is 2.63. The van der Waals surface area contributed by atoms with Crippen molar-refractivity contribution < 1.29 is 28.6 Å². The first-order chi connectivity index (χ1) is 14.2. The van der Waals surface area contributed by atoms with Crippen LogP contribution in [0.15, 0.2) is 0 Å². The average molecular weight is 439 g/mol. The minimum Gasteiger partial charge on any atom is -0.459 e. The predicted molar refractivity (Wildman–Crippen MR) is 118 cm³/mol. The molecule has 178 valence electrons. The van der Waals surface area contributed by atoms with Gasteiger partial charge in [-0.1, -0.05) is 20.8 Å². The highest BCUT2D eigenvalue weighted by atomic mass is 16.6. The fourth-order valence-electron chi connectivity index (χ4n) is 4.10. The molecule has 2 saturated carbocycles. The molecular weight excluding hydrogens is 396 g/mol. The van der Waals surface area contributed by atoms with Crippen LogP contribution in [0.4, 0.5) is 0 Å². The molecule has 31 heavy (non-hydrogen) atoms. The van der Waals surface area contributed by atoms with E-state index in [0.29, 0.717) is 11.8 Å². The number of hydrogen-bond donors (Lipinski definition) is 0. The lowest BCUT2D eigenvalue weighted by Gasteiger charge is -2.29. The van der Waals surface area contributed by atoms with Crippen LogP contribution in [-0.4, -0.2) is 35.7 Å². The molecule has 3 aliphatic rings. The Kier molecular flexibility index (Phi) is 7.54. The van der Waals surface area contributed by atoms with Gasteiger partial charge in [0.15, 0.2) is 0 Å². The third kappa shape index (κ3) is 5.43. The number of ether oxygens (including phenoxy) is 3. The second-order valence-corrected chi connectivity index (χ2v) is 11.3.